The molecule has 3 aromatic rings. The first-order chi connectivity index (χ1) is 12.0. The number of halogens is 1. The Morgan fingerprint density at radius 2 is 1.96 bits per heavy atom. The van der Waals surface area contributed by atoms with Crippen LogP contribution in [0.1, 0.15) is 21.6 Å². The fourth-order valence-electron chi connectivity index (χ4n) is 2.58. The molecule has 2 N–H and O–H groups in total. The van der Waals surface area contributed by atoms with Crippen LogP contribution < -0.4 is 11.3 Å². The highest BCUT2D eigenvalue weighted by atomic mass is 19.1. The minimum atomic E-state index is -0.656. The third-order valence-corrected chi connectivity index (χ3v) is 3.82. The monoisotopic (exact) mass is 338 g/mol. The van der Waals surface area contributed by atoms with Crippen LogP contribution in [0.2, 0.25) is 0 Å². The van der Waals surface area contributed by atoms with Gasteiger partial charge in [0.15, 0.2) is 0 Å². The van der Waals surface area contributed by atoms with Gasteiger partial charge in [-0.3, -0.25) is 9.59 Å². The predicted molar refractivity (Wildman–Crippen MR) is 90.4 cm³/mol. The first kappa shape index (κ1) is 16.5. The summed E-state index contributed by atoms with van der Waals surface area (Å²) >= 11 is 0. The molecule has 0 fully saturated rings. The Kier molecular flexibility index (Phi) is 4.38. The number of primary amides is 1. The largest absolute Gasteiger partial charge is 0.366 e. The van der Waals surface area contributed by atoms with Crippen LogP contribution in [0.25, 0.3) is 11.4 Å². The number of pyridine rings is 1. The van der Waals surface area contributed by atoms with E-state index in [2.05, 4.69) is 10.2 Å². The number of benzene rings is 1. The van der Waals surface area contributed by atoms with Crippen molar-refractivity contribution in [1.29, 1.82) is 0 Å². The predicted octanol–water partition coefficient (Wildman–Crippen LogP) is 1.67. The highest BCUT2D eigenvalue weighted by molar-refractivity contribution is 5.98. The summed E-state index contributed by atoms with van der Waals surface area (Å²) in [6, 6.07) is 12.3. The van der Waals surface area contributed by atoms with Gasteiger partial charge < -0.3 is 10.3 Å². The van der Waals surface area contributed by atoms with Gasteiger partial charge in [-0.1, -0.05) is 12.1 Å². The average Bonchev–Trinajstić information content (AvgIpc) is 2.58. The minimum absolute atomic E-state index is 0.189. The van der Waals surface area contributed by atoms with Crippen molar-refractivity contribution in [1.82, 2.24) is 14.8 Å². The van der Waals surface area contributed by atoms with Crippen LogP contribution in [0.4, 0.5) is 4.39 Å². The molecule has 0 radical (unpaired) electrons. The van der Waals surface area contributed by atoms with Crippen molar-refractivity contribution in [3.05, 3.63) is 81.5 Å². The molecule has 3 rings (SSSR count). The van der Waals surface area contributed by atoms with Crippen LogP contribution in [0.15, 0.2) is 53.3 Å². The normalized spacial score (nSPS) is 10.6. The maximum atomic E-state index is 13.2. The number of carbonyl (C=O) groups is 1. The molecule has 2 aromatic heterocycles. The van der Waals surface area contributed by atoms with E-state index in [-0.39, 0.29) is 16.9 Å². The summed E-state index contributed by atoms with van der Waals surface area (Å²) in [4.78, 5) is 23.5. The number of hydrogen-bond acceptors (Lipinski definition) is 4. The number of rotatable bonds is 4. The van der Waals surface area contributed by atoms with E-state index in [0.29, 0.717) is 23.5 Å². The molecule has 0 unspecified atom stereocenters. The molecule has 1 aromatic carbocycles. The summed E-state index contributed by atoms with van der Waals surface area (Å²) in [6.45, 7) is 0. The second kappa shape index (κ2) is 6.64. The summed E-state index contributed by atoms with van der Waals surface area (Å²) in [7, 11) is 1.53. The first-order valence-electron chi connectivity index (χ1n) is 7.53. The third-order valence-electron chi connectivity index (χ3n) is 3.82. The lowest BCUT2D eigenvalue weighted by atomic mass is 10.1. The molecule has 25 heavy (non-hydrogen) atoms. The number of nitrogens with two attached hydrogens (primary N) is 1. The standard InChI is InChI=1S/C18H15FN4O2/c1-23-16(24)8-6-14(18(20)25)17(23)15-7-5-13(21-22-15)10-11-3-2-4-12(19)9-11/h2-9H,10H2,1H3,(H2,20,25). The van der Waals surface area contributed by atoms with E-state index in [1.165, 1.54) is 35.9 Å². The maximum absolute atomic E-state index is 13.2. The van der Waals surface area contributed by atoms with Crippen LogP contribution in [-0.4, -0.2) is 20.7 Å². The van der Waals surface area contributed by atoms with E-state index >= 15 is 0 Å². The van der Waals surface area contributed by atoms with Gasteiger partial charge in [-0.05, 0) is 35.9 Å². The second-order valence-electron chi connectivity index (χ2n) is 5.57. The lowest BCUT2D eigenvalue weighted by molar-refractivity contribution is 0.1000. The Balaban J connectivity index is 1.97. The average molecular weight is 338 g/mol. The third kappa shape index (κ3) is 3.45. The molecule has 1 amide bonds. The fraction of sp³-hybridized carbons (Fsp3) is 0.111. The Bertz CT molecular complexity index is 997. The number of amides is 1. The van der Waals surface area contributed by atoms with E-state index < -0.39 is 5.91 Å². The molecule has 0 spiro atoms. The van der Waals surface area contributed by atoms with Gasteiger partial charge in [-0.15, -0.1) is 5.10 Å². The lowest BCUT2D eigenvalue weighted by Crippen LogP contribution is -2.23. The zero-order chi connectivity index (χ0) is 18.0. The zero-order valence-corrected chi connectivity index (χ0v) is 13.4. The van der Waals surface area contributed by atoms with Crippen LogP contribution in [0.5, 0.6) is 0 Å². The molecular weight excluding hydrogens is 323 g/mol. The zero-order valence-electron chi connectivity index (χ0n) is 13.4. The van der Waals surface area contributed by atoms with Crippen LogP contribution in [0.3, 0.4) is 0 Å². The Labute approximate surface area is 142 Å². The summed E-state index contributed by atoms with van der Waals surface area (Å²) in [6.07, 6.45) is 0.418. The van der Waals surface area contributed by atoms with Gasteiger partial charge in [-0.25, -0.2) is 4.39 Å². The highest BCUT2D eigenvalue weighted by Gasteiger charge is 2.15. The van der Waals surface area contributed by atoms with Crippen LogP contribution in [0, 0.1) is 5.82 Å². The molecule has 0 aliphatic heterocycles. The smallest absolute Gasteiger partial charge is 0.250 e. The molecule has 126 valence electrons. The van der Waals surface area contributed by atoms with Crippen molar-refractivity contribution in [3.63, 3.8) is 0 Å². The van der Waals surface area contributed by atoms with Gasteiger partial charge in [0.2, 0.25) is 0 Å². The summed E-state index contributed by atoms with van der Waals surface area (Å²) in [5.41, 5.74) is 7.36. The van der Waals surface area contributed by atoms with Crippen molar-refractivity contribution in [3.8, 4) is 11.4 Å². The number of carbonyl (C=O) groups excluding carboxylic acids is 1. The van der Waals surface area contributed by atoms with Crippen molar-refractivity contribution < 1.29 is 9.18 Å². The van der Waals surface area contributed by atoms with Gasteiger partial charge in [-0.2, -0.15) is 5.10 Å². The van der Waals surface area contributed by atoms with Gasteiger partial charge in [0.25, 0.3) is 11.5 Å². The lowest BCUT2D eigenvalue weighted by Gasteiger charge is -2.11. The van der Waals surface area contributed by atoms with Crippen LogP contribution in [-0.2, 0) is 13.5 Å². The van der Waals surface area contributed by atoms with E-state index in [4.69, 9.17) is 5.73 Å². The highest BCUT2D eigenvalue weighted by Crippen LogP contribution is 2.19. The first-order valence-corrected chi connectivity index (χ1v) is 7.53. The van der Waals surface area contributed by atoms with E-state index in [1.54, 1.807) is 24.3 Å². The molecule has 7 heteroatoms. The molecule has 0 saturated heterocycles. The molecule has 0 saturated carbocycles. The van der Waals surface area contributed by atoms with E-state index in [1.807, 2.05) is 0 Å². The fourth-order valence-corrected chi connectivity index (χ4v) is 2.58. The molecule has 6 nitrogen and oxygen atoms in total. The van der Waals surface area contributed by atoms with Gasteiger partial charge >= 0.3 is 0 Å². The minimum Gasteiger partial charge on any atom is -0.366 e. The maximum Gasteiger partial charge on any atom is 0.250 e. The molecule has 0 aliphatic rings. The SMILES string of the molecule is Cn1c(-c2ccc(Cc3cccc(F)c3)nn2)c(C(N)=O)ccc1=O. The van der Waals surface area contributed by atoms with Crippen molar-refractivity contribution >= 4 is 5.91 Å². The van der Waals surface area contributed by atoms with E-state index in [0.717, 1.165) is 5.56 Å². The van der Waals surface area contributed by atoms with Gasteiger partial charge in [0.05, 0.1) is 17.0 Å². The topological polar surface area (TPSA) is 90.9 Å². The Morgan fingerprint density at radius 3 is 2.60 bits per heavy atom. The van der Waals surface area contributed by atoms with Crippen LogP contribution >= 0.6 is 0 Å². The molecular formula is C18H15FN4O2. The molecule has 2 heterocycles. The molecule has 0 aliphatic carbocycles. The summed E-state index contributed by atoms with van der Waals surface area (Å²) in [5.74, 6) is -0.969. The Morgan fingerprint density at radius 1 is 1.16 bits per heavy atom. The van der Waals surface area contributed by atoms with Gasteiger partial charge in [0, 0.05) is 19.5 Å². The number of hydrogen-bond donors (Lipinski definition) is 1. The molecule has 0 atom stereocenters. The number of nitrogens with zero attached hydrogens (tertiary/aromatic N) is 3. The van der Waals surface area contributed by atoms with E-state index in [9.17, 15) is 14.0 Å². The summed E-state index contributed by atoms with van der Waals surface area (Å²) in [5, 5.41) is 8.21. The van der Waals surface area contributed by atoms with Crippen molar-refractivity contribution in [2.75, 3.05) is 0 Å². The van der Waals surface area contributed by atoms with Crippen molar-refractivity contribution in [2.24, 2.45) is 12.8 Å². The Hall–Kier alpha value is -3.35. The van der Waals surface area contributed by atoms with Crippen molar-refractivity contribution in [2.45, 2.75) is 6.42 Å². The molecule has 0 bridgehead atoms. The van der Waals surface area contributed by atoms with Gasteiger partial charge in [0.1, 0.15) is 11.5 Å². The number of aromatic nitrogens is 3. The second-order valence-corrected chi connectivity index (χ2v) is 5.57. The quantitative estimate of drug-likeness (QED) is 0.783. The summed E-state index contributed by atoms with van der Waals surface area (Å²) < 4.78 is 14.5.